The largest absolute Gasteiger partial charge is 0.481 e. The minimum atomic E-state index is -1.06. The lowest BCUT2D eigenvalue weighted by atomic mass is 9.74. The second kappa shape index (κ2) is 4.80. The molecule has 0 aliphatic heterocycles. The van der Waals surface area contributed by atoms with Gasteiger partial charge in [0.05, 0.1) is 16.2 Å². The van der Waals surface area contributed by atoms with Crippen molar-refractivity contribution in [3.8, 4) is 0 Å². The van der Waals surface area contributed by atoms with E-state index < -0.39 is 34.2 Å². The van der Waals surface area contributed by atoms with Crippen LogP contribution in [0, 0.1) is 5.41 Å². The molecule has 6 heteroatoms. The molecule has 1 aliphatic rings. The summed E-state index contributed by atoms with van der Waals surface area (Å²) in [7, 11) is 0. The fourth-order valence-electron chi connectivity index (χ4n) is 1.84. The van der Waals surface area contributed by atoms with Crippen LogP contribution in [0.4, 0.5) is 0 Å². The predicted octanol–water partition coefficient (Wildman–Crippen LogP) is 2.02. The molecule has 4 nitrogen and oxygen atoms in total. The zero-order chi connectivity index (χ0) is 12.5. The molecule has 1 fully saturated rings. The number of carboxylic acid groups (broad SMARTS) is 1. The Hall–Kier alpha value is -0.480. The third-order valence-corrected chi connectivity index (χ3v) is 4.41. The summed E-state index contributed by atoms with van der Waals surface area (Å²) in [5.41, 5.74) is -1.06. The van der Waals surface area contributed by atoms with Gasteiger partial charge in [-0.15, -0.1) is 23.2 Å². The number of carboxylic acids is 1. The normalized spacial score (nSPS) is 39.1. The summed E-state index contributed by atoms with van der Waals surface area (Å²) in [6, 6.07) is 0. The number of aliphatic carboxylic acids is 1. The highest BCUT2D eigenvalue weighted by Gasteiger charge is 2.50. The lowest BCUT2D eigenvalue weighted by Crippen LogP contribution is -2.51. The topological polar surface area (TPSA) is 63.6 Å². The van der Waals surface area contributed by atoms with Gasteiger partial charge in [0.2, 0.25) is 0 Å². The van der Waals surface area contributed by atoms with E-state index in [2.05, 4.69) is 0 Å². The Kier molecular flexibility index (Phi) is 4.07. The molecule has 4 unspecified atom stereocenters. The van der Waals surface area contributed by atoms with Crippen molar-refractivity contribution in [2.75, 3.05) is 0 Å². The summed E-state index contributed by atoms with van der Waals surface area (Å²) < 4.78 is 5.00. The molecule has 16 heavy (non-hydrogen) atoms. The highest BCUT2D eigenvalue weighted by atomic mass is 35.5. The van der Waals surface area contributed by atoms with Gasteiger partial charge in [-0.25, -0.2) is 0 Å². The highest BCUT2D eigenvalue weighted by Crippen LogP contribution is 2.43. The Labute approximate surface area is 104 Å². The predicted molar refractivity (Wildman–Crippen MR) is 59.8 cm³/mol. The van der Waals surface area contributed by atoms with E-state index >= 15 is 0 Å². The number of hydrogen-bond acceptors (Lipinski definition) is 3. The number of carbonyl (C=O) groups excluding carboxylic acids is 1. The van der Waals surface area contributed by atoms with Gasteiger partial charge in [0, 0.05) is 6.92 Å². The van der Waals surface area contributed by atoms with Crippen LogP contribution in [0.1, 0.15) is 26.7 Å². The second-order valence-corrected chi connectivity index (χ2v) is 5.23. The summed E-state index contributed by atoms with van der Waals surface area (Å²) >= 11 is 12.1. The zero-order valence-electron chi connectivity index (χ0n) is 9.07. The molecular formula is C10H14Cl2O4. The van der Waals surface area contributed by atoms with E-state index in [0.717, 1.165) is 0 Å². The van der Waals surface area contributed by atoms with E-state index in [4.69, 9.17) is 33.0 Å². The Bertz CT molecular complexity index is 307. The fraction of sp³-hybridized carbons (Fsp3) is 0.800. The van der Waals surface area contributed by atoms with Gasteiger partial charge in [0.1, 0.15) is 6.10 Å². The molecular weight excluding hydrogens is 255 g/mol. The van der Waals surface area contributed by atoms with Gasteiger partial charge in [-0.2, -0.15) is 0 Å². The van der Waals surface area contributed by atoms with Crippen LogP contribution >= 0.6 is 23.2 Å². The van der Waals surface area contributed by atoms with Crippen LogP contribution in [0.2, 0.25) is 0 Å². The minimum Gasteiger partial charge on any atom is -0.481 e. The van der Waals surface area contributed by atoms with E-state index in [1.165, 1.54) is 6.92 Å². The summed E-state index contributed by atoms with van der Waals surface area (Å²) in [5, 5.41) is 7.66. The summed E-state index contributed by atoms with van der Waals surface area (Å²) in [5.74, 6) is -1.40. The third kappa shape index (κ3) is 2.43. The monoisotopic (exact) mass is 268 g/mol. The van der Waals surface area contributed by atoms with E-state index in [1.807, 2.05) is 0 Å². The summed E-state index contributed by atoms with van der Waals surface area (Å²) in [4.78, 5) is 21.9. The lowest BCUT2D eigenvalue weighted by Gasteiger charge is -2.40. The van der Waals surface area contributed by atoms with Crippen LogP contribution in [0.25, 0.3) is 0 Å². The number of rotatable bonds is 2. The first-order chi connectivity index (χ1) is 7.29. The summed E-state index contributed by atoms with van der Waals surface area (Å²) in [6.07, 6.45) is 0.256. The Morgan fingerprint density at radius 2 is 2.00 bits per heavy atom. The molecule has 0 heterocycles. The quantitative estimate of drug-likeness (QED) is 0.615. The number of ether oxygens (including phenoxy) is 1. The number of hydrogen-bond donors (Lipinski definition) is 1. The van der Waals surface area contributed by atoms with E-state index in [0.29, 0.717) is 12.8 Å². The van der Waals surface area contributed by atoms with Gasteiger partial charge < -0.3 is 9.84 Å². The Balaban J connectivity index is 2.79. The lowest BCUT2D eigenvalue weighted by molar-refractivity contribution is -0.154. The fourth-order valence-corrected chi connectivity index (χ4v) is 2.66. The van der Waals surface area contributed by atoms with E-state index in [9.17, 15) is 9.59 Å². The van der Waals surface area contributed by atoms with Gasteiger partial charge in [0.25, 0.3) is 0 Å². The van der Waals surface area contributed by atoms with Crippen LogP contribution in [0.3, 0.4) is 0 Å². The average Bonchev–Trinajstić information content (AvgIpc) is 2.18. The molecule has 92 valence electrons. The van der Waals surface area contributed by atoms with Crippen LogP contribution in [-0.4, -0.2) is 33.9 Å². The van der Waals surface area contributed by atoms with Crippen molar-refractivity contribution >= 4 is 35.1 Å². The number of alkyl halides is 2. The SMILES string of the molecule is CC(=O)OC1CCC(C)(C(=O)O)C(Cl)C1Cl. The molecule has 0 aromatic rings. The van der Waals surface area contributed by atoms with Crippen molar-refractivity contribution in [3.63, 3.8) is 0 Å². The van der Waals surface area contributed by atoms with Crippen molar-refractivity contribution < 1.29 is 19.4 Å². The van der Waals surface area contributed by atoms with Crippen molar-refractivity contribution in [2.45, 2.75) is 43.5 Å². The molecule has 1 rings (SSSR count). The Morgan fingerprint density at radius 1 is 1.44 bits per heavy atom. The van der Waals surface area contributed by atoms with Gasteiger partial charge in [-0.05, 0) is 19.8 Å². The number of esters is 1. The summed E-state index contributed by atoms with van der Waals surface area (Å²) in [6.45, 7) is 2.85. The van der Waals surface area contributed by atoms with Gasteiger partial charge in [-0.1, -0.05) is 0 Å². The molecule has 0 aromatic carbocycles. The van der Waals surface area contributed by atoms with E-state index in [1.54, 1.807) is 6.92 Å². The van der Waals surface area contributed by atoms with Crippen molar-refractivity contribution in [1.82, 2.24) is 0 Å². The third-order valence-electron chi connectivity index (χ3n) is 3.00. The van der Waals surface area contributed by atoms with Crippen LogP contribution in [0.5, 0.6) is 0 Å². The maximum Gasteiger partial charge on any atom is 0.310 e. The van der Waals surface area contributed by atoms with Gasteiger partial charge in [-0.3, -0.25) is 9.59 Å². The molecule has 1 N–H and O–H groups in total. The van der Waals surface area contributed by atoms with Crippen molar-refractivity contribution in [3.05, 3.63) is 0 Å². The average molecular weight is 269 g/mol. The minimum absolute atomic E-state index is 0.345. The maximum absolute atomic E-state index is 11.1. The molecule has 0 spiro atoms. The molecule has 0 radical (unpaired) electrons. The molecule has 1 saturated carbocycles. The number of carbonyl (C=O) groups is 2. The van der Waals surface area contributed by atoms with Crippen LogP contribution in [0.15, 0.2) is 0 Å². The number of halogens is 2. The molecule has 1 aliphatic carbocycles. The van der Waals surface area contributed by atoms with Crippen LogP contribution < -0.4 is 0 Å². The first-order valence-electron chi connectivity index (χ1n) is 4.98. The highest BCUT2D eigenvalue weighted by molar-refractivity contribution is 6.31. The molecule has 0 bridgehead atoms. The maximum atomic E-state index is 11.1. The standard InChI is InChI=1S/C10H14Cl2O4/c1-5(13)16-6-3-4-10(2,9(14)15)8(12)7(6)11/h6-8H,3-4H2,1-2H3,(H,14,15). The molecule has 0 amide bonds. The molecule has 0 aromatic heterocycles. The van der Waals surface area contributed by atoms with Crippen molar-refractivity contribution in [1.29, 1.82) is 0 Å². The van der Waals surface area contributed by atoms with Crippen molar-refractivity contribution in [2.24, 2.45) is 5.41 Å². The smallest absolute Gasteiger partial charge is 0.310 e. The zero-order valence-corrected chi connectivity index (χ0v) is 10.6. The Morgan fingerprint density at radius 3 is 2.44 bits per heavy atom. The first-order valence-corrected chi connectivity index (χ1v) is 5.85. The van der Waals surface area contributed by atoms with E-state index in [-0.39, 0.29) is 0 Å². The molecule has 0 saturated heterocycles. The first kappa shape index (κ1) is 13.6. The van der Waals surface area contributed by atoms with Crippen LogP contribution in [-0.2, 0) is 14.3 Å². The van der Waals surface area contributed by atoms with Gasteiger partial charge >= 0.3 is 11.9 Å². The molecule has 4 atom stereocenters. The second-order valence-electron chi connectivity index (χ2n) is 4.26. The van der Waals surface area contributed by atoms with Gasteiger partial charge in [0.15, 0.2) is 0 Å².